The van der Waals surface area contributed by atoms with Crippen molar-refractivity contribution < 1.29 is 18.3 Å². The van der Waals surface area contributed by atoms with E-state index in [0.29, 0.717) is 12.5 Å². The predicted octanol–water partition coefficient (Wildman–Crippen LogP) is 3.33. The minimum atomic E-state index is -3.58. The van der Waals surface area contributed by atoms with Crippen molar-refractivity contribution in [2.45, 2.75) is 50.8 Å². The Bertz CT molecular complexity index is 549. The Kier molecular flexibility index (Phi) is 7.34. The quantitative estimate of drug-likeness (QED) is 0.643. The lowest BCUT2D eigenvalue weighted by atomic mass is 10.0. The molecule has 0 unspecified atom stereocenters. The summed E-state index contributed by atoms with van der Waals surface area (Å²) in [6.45, 7) is 4.78. The highest BCUT2D eigenvalue weighted by Gasteiger charge is 2.17. The molecule has 0 radical (unpaired) electrons. The first kappa shape index (κ1) is 18.1. The first-order valence-corrected chi connectivity index (χ1v) is 9.50. The zero-order valence-corrected chi connectivity index (χ0v) is 14.1. The molecule has 1 aromatic heterocycles. The average molecular weight is 333 g/mol. The summed E-state index contributed by atoms with van der Waals surface area (Å²) in [6, 6.07) is 1.19. The highest BCUT2D eigenvalue weighted by molar-refractivity contribution is 7.89. The first-order valence-electron chi connectivity index (χ1n) is 7.14. The summed E-state index contributed by atoms with van der Waals surface area (Å²) in [5.41, 5.74) is 0. The van der Waals surface area contributed by atoms with E-state index in [1.807, 2.05) is 0 Å². The third-order valence-electron chi connectivity index (χ3n) is 3.10. The molecule has 0 fully saturated rings. The molecule has 0 aliphatic rings. The van der Waals surface area contributed by atoms with Crippen LogP contribution in [0.1, 0.15) is 55.6 Å². The standard InChI is InChI=1S/C14H23NO4S2/c1-11(2)7-5-3-4-6-8-15-21(18,19)12-9-13(14(16)17)20-10-12/h9-11,15H,3-8H2,1-2H3,(H,16,17). The Morgan fingerprint density at radius 3 is 2.52 bits per heavy atom. The number of aromatic carboxylic acids is 1. The fourth-order valence-corrected chi connectivity index (χ4v) is 4.08. The van der Waals surface area contributed by atoms with Gasteiger partial charge < -0.3 is 5.11 Å². The van der Waals surface area contributed by atoms with E-state index in [-0.39, 0.29) is 9.77 Å². The number of carbonyl (C=O) groups is 1. The van der Waals surface area contributed by atoms with Crippen LogP contribution in [0, 0.1) is 5.92 Å². The van der Waals surface area contributed by atoms with Crippen LogP contribution in [0.3, 0.4) is 0 Å². The molecule has 0 aliphatic carbocycles. The molecule has 1 rings (SSSR count). The van der Waals surface area contributed by atoms with Gasteiger partial charge in [-0.05, 0) is 18.4 Å². The van der Waals surface area contributed by atoms with Gasteiger partial charge in [-0.3, -0.25) is 0 Å². The van der Waals surface area contributed by atoms with Crippen LogP contribution in [-0.4, -0.2) is 26.0 Å². The maximum Gasteiger partial charge on any atom is 0.345 e. The van der Waals surface area contributed by atoms with Crippen molar-refractivity contribution in [3.63, 3.8) is 0 Å². The largest absolute Gasteiger partial charge is 0.477 e. The number of carboxylic acids is 1. The molecule has 0 atom stereocenters. The molecule has 0 aliphatic heterocycles. The summed E-state index contributed by atoms with van der Waals surface area (Å²) < 4.78 is 26.4. The maximum atomic E-state index is 11.9. The Morgan fingerprint density at radius 1 is 1.29 bits per heavy atom. The van der Waals surface area contributed by atoms with Crippen LogP contribution in [0.5, 0.6) is 0 Å². The number of sulfonamides is 1. The van der Waals surface area contributed by atoms with Gasteiger partial charge in [0.25, 0.3) is 0 Å². The van der Waals surface area contributed by atoms with Crippen molar-refractivity contribution in [2.24, 2.45) is 5.92 Å². The Balaban J connectivity index is 2.31. The first-order chi connectivity index (χ1) is 9.83. The second-order valence-corrected chi connectivity index (χ2v) is 8.12. The molecule has 0 saturated carbocycles. The Hall–Kier alpha value is -0.920. The summed E-state index contributed by atoms with van der Waals surface area (Å²) in [6.07, 6.45) is 5.30. The Morgan fingerprint density at radius 2 is 1.95 bits per heavy atom. The molecule has 1 heterocycles. The second kappa shape index (κ2) is 8.51. The van der Waals surface area contributed by atoms with Crippen molar-refractivity contribution in [1.82, 2.24) is 4.72 Å². The number of nitrogens with one attached hydrogen (secondary N) is 1. The maximum absolute atomic E-state index is 11.9. The van der Waals surface area contributed by atoms with Gasteiger partial charge in [0.1, 0.15) is 4.88 Å². The average Bonchev–Trinajstić information content (AvgIpc) is 2.87. The van der Waals surface area contributed by atoms with E-state index < -0.39 is 16.0 Å². The van der Waals surface area contributed by atoms with Crippen molar-refractivity contribution in [2.75, 3.05) is 6.54 Å². The third-order valence-corrected chi connectivity index (χ3v) is 5.60. The number of hydrogen-bond donors (Lipinski definition) is 2. The number of carboxylic acid groups (broad SMARTS) is 1. The summed E-state index contributed by atoms with van der Waals surface area (Å²) in [5.74, 6) is -0.392. The lowest BCUT2D eigenvalue weighted by Crippen LogP contribution is -2.24. The van der Waals surface area contributed by atoms with Crippen LogP contribution in [0.2, 0.25) is 0 Å². The molecule has 5 nitrogen and oxygen atoms in total. The van der Waals surface area contributed by atoms with Gasteiger partial charge in [-0.1, -0.05) is 39.5 Å². The van der Waals surface area contributed by atoms with Gasteiger partial charge in [0, 0.05) is 11.9 Å². The van der Waals surface area contributed by atoms with Crippen LogP contribution in [0.15, 0.2) is 16.3 Å². The van der Waals surface area contributed by atoms with Crippen molar-refractivity contribution in [3.8, 4) is 0 Å². The summed E-state index contributed by atoms with van der Waals surface area (Å²) in [5, 5.41) is 10.2. The molecule has 0 amide bonds. The number of thiophene rings is 1. The van der Waals surface area contributed by atoms with Crippen LogP contribution in [0.4, 0.5) is 0 Å². The smallest absolute Gasteiger partial charge is 0.345 e. The topological polar surface area (TPSA) is 83.5 Å². The van der Waals surface area contributed by atoms with Crippen molar-refractivity contribution >= 4 is 27.3 Å². The van der Waals surface area contributed by atoms with E-state index in [4.69, 9.17) is 5.11 Å². The molecule has 0 saturated heterocycles. The molecular weight excluding hydrogens is 310 g/mol. The van der Waals surface area contributed by atoms with E-state index in [0.717, 1.165) is 30.6 Å². The van der Waals surface area contributed by atoms with E-state index in [1.165, 1.54) is 24.3 Å². The molecule has 21 heavy (non-hydrogen) atoms. The van der Waals surface area contributed by atoms with Crippen molar-refractivity contribution in [3.05, 3.63) is 16.3 Å². The van der Waals surface area contributed by atoms with E-state index in [2.05, 4.69) is 18.6 Å². The molecule has 0 aromatic carbocycles. The van der Waals surface area contributed by atoms with E-state index >= 15 is 0 Å². The van der Waals surface area contributed by atoms with Gasteiger partial charge >= 0.3 is 5.97 Å². The minimum absolute atomic E-state index is 0.0315. The van der Waals surface area contributed by atoms with Gasteiger partial charge in [-0.2, -0.15) is 0 Å². The summed E-state index contributed by atoms with van der Waals surface area (Å²) >= 11 is 0.919. The highest BCUT2D eigenvalue weighted by atomic mass is 32.2. The van der Waals surface area contributed by atoms with Crippen LogP contribution in [0.25, 0.3) is 0 Å². The lowest BCUT2D eigenvalue weighted by molar-refractivity contribution is 0.0702. The zero-order chi connectivity index (χ0) is 15.9. The monoisotopic (exact) mass is 333 g/mol. The van der Waals surface area contributed by atoms with Gasteiger partial charge in [-0.15, -0.1) is 11.3 Å². The second-order valence-electron chi connectivity index (χ2n) is 5.45. The fraction of sp³-hybridized carbons (Fsp3) is 0.643. The minimum Gasteiger partial charge on any atom is -0.477 e. The van der Waals surface area contributed by atoms with Crippen molar-refractivity contribution in [1.29, 1.82) is 0 Å². The number of rotatable bonds is 10. The summed E-state index contributed by atoms with van der Waals surface area (Å²) in [4.78, 5) is 10.8. The van der Waals surface area contributed by atoms with E-state index in [9.17, 15) is 13.2 Å². The van der Waals surface area contributed by atoms with Gasteiger partial charge in [-0.25, -0.2) is 17.9 Å². The lowest BCUT2D eigenvalue weighted by Gasteiger charge is -2.06. The number of hydrogen-bond acceptors (Lipinski definition) is 4. The fourth-order valence-electron chi connectivity index (χ4n) is 1.89. The normalized spacial score (nSPS) is 12.0. The number of unbranched alkanes of at least 4 members (excludes halogenated alkanes) is 3. The molecule has 0 bridgehead atoms. The van der Waals surface area contributed by atoms with Crippen LogP contribution >= 0.6 is 11.3 Å². The molecule has 0 spiro atoms. The molecular formula is C14H23NO4S2. The molecule has 7 heteroatoms. The summed E-state index contributed by atoms with van der Waals surface area (Å²) in [7, 11) is -3.58. The SMILES string of the molecule is CC(C)CCCCCCNS(=O)(=O)c1csc(C(=O)O)c1. The van der Waals surface area contributed by atoms with Gasteiger partial charge in [0.15, 0.2) is 0 Å². The highest BCUT2D eigenvalue weighted by Crippen LogP contribution is 2.19. The third kappa shape index (κ3) is 6.58. The van der Waals surface area contributed by atoms with E-state index in [1.54, 1.807) is 0 Å². The Labute approximate surface area is 130 Å². The van der Waals surface area contributed by atoms with Crippen LogP contribution < -0.4 is 4.72 Å². The predicted molar refractivity (Wildman–Crippen MR) is 84.4 cm³/mol. The molecule has 1 aromatic rings. The molecule has 120 valence electrons. The van der Waals surface area contributed by atoms with Gasteiger partial charge in [0.05, 0.1) is 4.90 Å². The van der Waals surface area contributed by atoms with Gasteiger partial charge in [0.2, 0.25) is 10.0 Å². The van der Waals surface area contributed by atoms with Crippen LogP contribution in [-0.2, 0) is 10.0 Å². The zero-order valence-electron chi connectivity index (χ0n) is 12.5. The molecule has 2 N–H and O–H groups in total.